The summed E-state index contributed by atoms with van der Waals surface area (Å²) in [5.41, 5.74) is 3.86. The highest BCUT2D eigenvalue weighted by Crippen LogP contribution is 2.21. The van der Waals surface area contributed by atoms with Crippen LogP contribution < -0.4 is 10.4 Å². The van der Waals surface area contributed by atoms with E-state index in [2.05, 4.69) is 4.98 Å². The van der Waals surface area contributed by atoms with Gasteiger partial charge < -0.3 is 19.3 Å². The minimum atomic E-state index is -1.53. The minimum Gasteiger partial charge on any atom is -0.423 e. The summed E-state index contributed by atoms with van der Waals surface area (Å²) in [6.45, 7) is 0. The Morgan fingerprint density at radius 2 is 1.81 bits per heavy atom. The number of pyridine rings is 1. The van der Waals surface area contributed by atoms with Gasteiger partial charge in [-0.3, -0.25) is 0 Å². The van der Waals surface area contributed by atoms with Gasteiger partial charge in [-0.2, -0.15) is 0 Å². The minimum absolute atomic E-state index is 0.397. The van der Waals surface area contributed by atoms with Crippen LogP contribution in [0, 0.1) is 0 Å². The molecule has 0 aliphatic carbocycles. The van der Waals surface area contributed by atoms with Crippen LogP contribution in [0.4, 0.5) is 5.69 Å². The average molecular weight is 281 g/mol. The van der Waals surface area contributed by atoms with E-state index in [4.69, 9.17) is 0 Å². The van der Waals surface area contributed by atoms with Crippen LogP contribution in [-0.2, 0) is 0 Å². The molecule has 0 saturated carbocycles. The molecule has 0 bridgehead atoms. The lowest BCUT2D eigenvalue weighted by molar-refractivity contribution is 0.426. The molecule has 0 unspecified atom stereocenters. The molecule has 106 valence electrons. The topological polar surface area (TPSA) is 61.0 Å². The van der Waals surface area contributed by atoms with E-state index < -0.39 is 7.12 Å². The fourth-order valence-corrected chi connectivity index (χ4v) is 2.31. The van der Waals surface area contributed by atoms with Crippen LogP contribution in [0.15, 0.2) is 48.8 Å². The van der Waals surface area contributed by atoms with E-state index in [0.29, 0.717) is 11.1 Å². The summed E-state index contributed by atoms with van der Waals surface area (Å²) < 4.78 is 1.80. The maximum absolute atomic E-state index is 9.40. The third-order valence-electron chi connectivity index (χ3n) is 3.47. The van der Waals surface area contributed by atoms with E-state index in [9.17, 15) is 10.0 Å². The van der Waals surface area contributed by atoms with Crippen LogP contribution in [-0.4, -0.2) is 40.6 Å². The van der Waals surface area contributed by atoms with Crippen molar-refractivity contribution in [2.24, 2.45) is 0 Å². The summed E-state index contributed by atoms with van der Waals surface area (Å²) in [5, 5.41) is 18.8. The first-order chi connectivity index (χ1) is 10.1. The Bertz CT molecular complexity index is 766. The van der Waals surface area contributed by atoms with Crippen molar-refractivity contribution in [1.82, 2.24) is 9.38 Å². The molecular formula is C15H16BN3O2. The highest BCUT2D eigenvalue weighted by Gasteiger charge is 2.17. The van der Waals surface area contributed by atoms with E-state index in [1.807, 2.05) is 55.7 Å². The van der Waals surface area contributed by atoms with Crippen molar-refractivity contribution >= 4 is 23.9 Å². The summed E-state index contributed by atoms with van der Waals surface area (Å²) >= 11 is 0. The molecule has 3 rings (SSSR count). The molecule has 0 saturated heterocycles. The third kappa shape index (κ3) is 2.51. The van der Waals surface area contributed by atoms with Gasteiger partial charge in [0.05, 0.1) is 5.69 Å². The van der Waals surface area contributed by atoms with Crippen LogP contribution in [0.1, 0.15) is 0 Å². The standard InChI is InChI=1S/C15H16BN3O2/c1-18(2)12-7-5-11(6-8-12)14-10-19-9-3-4-13(16(20)21)15(19)17-14/h3-10,20-21H,1-2H3. The molecule has 2 N–H and O–H groups in total. The Labute approximate surface area is 123 Å². The lowest BCUT2D eigenvalue weighted by atomic mass is 9.81. The third-order valence-corrected chi connectivity index (χ3v) is 3.47. The summed E-state index contributed by atoms with van der Waals surface area (Å²) in [6, 6.07) is 11.5. The highest BCUT2D eigenvalue weighted by atomic mass is 16.4. The molecule has 0 fully saturated rings. The summed E-state index contributed by atoms with van der Waals surface area (Å²) in [6.07, 6.45) is 3.72. The number of benzene rings is 1. The molecular weight excluding hydrogens is 265 g/mol. The number of hydrogen-bond acceptors (Lipinski definition) is 4. The second kappa shape index (κ2) is 5.23. The SMILES string of the molecule is CN(C)c1ccc(-c2cn3cccc(B(O)O)c3n2)cc1. The maximum atomic E-state index is 9.40. The number of hydrogen-bond donors (Lipinski definition) is 2. The predicted molar refractivity (Wildman–Crippen MR) is 84.8 cm³/mol. The van der Waals surface area contributed by atoms with Crippen molar-refractivity contribution in [2.45, 2.75) is 0 Å². The molecule has 0 spiro atoms. The molecule has 0 aliphatic rings. The Morgan fingerprint density at radius 3 is 2.43 bits per heavy atom. The maximum Gasteiger partial charge on any atom is 0.492 e. The van der Waals surface area contributed by atoms with Gasteiger partial charge in [0.1, 0.15) is 5.65 Å². The van der Waals surface area contributed by atoms with Crippen molar-refractivity contribution in [3.8, 4) is 11.3 Å². The van der Waals surface area contributed by atoms with Crippen LogP contribution >= 0.6 is 0 Å². The number of imidazole rings is 1. The monoisotopic (exact) mass is 281 g/mol. The average Bonchev–Trinajstić information content (AvgIpc) is 2.90. The van der Waals surface area contributed by atoms with E-state index in [1.165, 1.54) is 0 Å². The highest BCUT2D eigenvalue weighted by molar-refractivity contribution is 6.60. The summed E-state index contributed by atoms with van der Waals surface area (Å²) in [4.78, 5) is 6.54. The molecule has 6 heteroatoms. The zero-order chi connectivity index (χ0) is 15.0. The van der Waals surface area contributed by atoms with Gasteiger partial charge >= 0.3 is 7.12 Å². The van der Waals surface area contributed by atoms with E-state index in [-0.39, 0.29) is 0 Å². The lowest BCUT2D eigenvalue weighted by Gasteiger charge is -2.12. The molecule has 21 heavy (non-hydrogen) atoms. The van der Waals surface area contributed by atoms with Gasteiger partial charge in [-0.25, -0.2) is 4.98 Å². The van der Waals surface area contributed by atoms with E-state index in [0.717, 1.165) is 16.9 Å². The first-order valence-electron chi connectivity index (χ1n) is 6.68. The predicted octanol–water partition coefficient (Wildman–Crippen LogP) is 0.747. The number of nitrogens with zero attached hydrogens (tertiary/aromatic N) is 3. The summed E-state index contributed by atoms with van der Waals surface area (Å²) in [5.74, 6) is 0. The van der Waals surface area contributed by atoms with Crippen LogP contribution in [0.2, 0.25) is 0 Å². The normalized spacial score (nSPS) is 10.9. The molecule has 0 radical (unpaired) electrons. The Morgan fingerprint density at radius 1 is 1.10 bits per heavy atom. The van der Waals surface area contributed by atoms with Gasteiger partial charge in [-0.1, -0.05) is 18.2 Å². The molecule has 3 aromatic rings. The first kappa shape index (κ1) is 13.7. The van der Waals surface area contributed by atoms with Crippen molar-refractivity contribution in [3.63, 3.8) is 0 Å². The molecule has 0 aliphatic heterocycles. The number of aromatic nitrogens is 2. The van der Waals surface area contributed by atoms with Gasteiger partial charge in [0.25, 0.3) is 0 Å². The van der Waals surface area contributed by atoms with Crippen LogP contribution in [0.25, 0.3) is 16.9 Å². The fraction of sp³-hybridized carbons (Fsp3) is 0.133. The van der Waals surface area contributed by atoms with Gasteiger partial charge in [0.2, 0.25) is 0 Å². The van der Waals surface area contributed by atoms with Gasteiger partial charge in [0.15, 0.2) is 0 Å². The second-order valence-electron chi connectivity index (χ2n) is 5.14. The van der Waals surface area contributed by atoms with Crippen molar-refractivity contribution < 1.29 is 10.0 Å². The van der Waals surface area contributed by atoms with Crippen molar-refractivity contribution in [2.75, 3.05) is 19.0 Å². The first-order valence-corrected chi connectivity index (χ1v) is 6.68. The number of fused-ring (bicyclic) bond motifs is 1. The quantitative estimate of drug-likeness (QED) is 0.695. The van der Waals surface area contributed by atoms with Crippen molar-refractivity contribution in [1.29, 1.82) is 0 Å². The largest absolute Gasteiger partial charge is 0.492 e. The van der Waals surface area contributed by atoms with E-state index >= 15 is 0 Å². The smallest absolute Gasteiger partial charge is 0.423 e. The molecule has 0 atom stereocenters. The van der Waals surface area contributed by atoms with E-state index in [1.54, 1.807) is 16.5 Å². The molecule has 2 aromatic heterocycles. The zero-order valence-corrected chi connectivity index (χ0v) is 11.9. The van der Waals surface area contributed by atoms with Gasteiger partial charge in [0, 0.05) is 43.2 Å². The van der Waals surface area contributed by atoms with Crippen LogP contribution in [0.3, 0.4) is 0 Å². The second-order valence-corrected chi connectivity index (χ2v) is 5.14. The number of rotatable bonds is 3. The van der Waals surface area contributed by atoms with Crippen molar-refractivity contribution in [3.05, 3.63) is 48.8 Å². The number of anilines is 1. The Balaban J connectivity index is 2.07. The molecule has 1 aromatic carbocycles. The Kier molecular flexibility index (Phi) is 3.41. The fourth-order valence-electron chi connectivity index (χ4n) is 2.31. The van der Waals surface area contributed by atoms with Gasteiger partial charge in [-0.05, 0) is 18.2 Å². The molecule has 0 amide bonds. The van der Waals surface area contributed by atoms with Crippen LogP contribution in [0.5, 0.6) is 0 Å². The molecule has 5 nitrogen and oxygen atoms in total. The lowest BCUT2D eigenvalue weighted by Crippen LogP contribution is -2.31. The van der Waals surface area contributed by atoms with Gasteiger partial charge in [-0.15, -0.1) is 0 Å². The molecule has 2 heterocycles. The Hall–Kier alpha value is -2.31. The summed E-state index contributed by atoms with van der Waals surface area (Å²) in [7, 11) is 2.46. The zero-order valence-electron chi connectivity index (χ0n) is 11.9.